The average molecular weight is 264 g/mol. The smallest absolute Gasteiger partial charge is 0.313 e. The Hall–Kier alpha value is -1.75. The number of esters is 1. The van der Waals surface area contributed by atoms with Crippen LogP contribution in [0.1, 0.15) is 17.9 Å². The van der Waals surface area contributed by atoms with Crippen LogP contribution in [0.3, 0.4) is 0 Å². The third kappa shape index (κ3) is 2.38. The van der Waals surface area contributed by atoms with E-state index in [-0.39, 0.29) is 18.7 Å². The molecule has 0 bridgehead atoms. The van der Waals surface area contributed by atoms with Gasteiger partial charge in [-0.2, -0.15) is 0 Å². The van der Waals surface area contributed by atoms with E-state index in [2.05, 4.69) is 0 Å². The molecule has 1 aromatic rings. The van der Waals surface area contributed by atoms with E-state index in [4.69, 9.17) is 18.9 Å². The quantitative estimate of drug-likeness (QED) is 0.775. The Balaban J connectivity index is 1.83. The zero-order valence-electron chi connectivity index (χ0n) is 10.8. The summed E-state index contributed by atoms with van der Waals surface area (Å²) in [4.78, 5) is 12.0. The lowest BCUT2D eigenvalue weighted by Crippen LogP contribution is -2.31. The maximum atomic E-state index is 12.0. The molecule has 1 aromatic carbocycles. The van der Waals surface area contributed by atoms with Gasteiger partial charge in [0, 0.05) is 5.92 Å². The topological polar surface area (TPSA) is 54.0 Å². The Kier molecular flexibility index (Phi) is 3.29. The van der Waals surface area contributed by atoms with Gasteiger partial charge in [0.1, 0.15) is 0 Å². The van der Waals surface area contributed by atoms with Gasteiger partial charge in [0.15, 0.2) is 11.5 Å². The summed E-state index contributed by atoms with van der Waals surface area (Å²) in [6.07, 6.45) is 0.742. The second-order valence-corrected chi connectivity index (χ2v) is 4.83. The third-order valence-electron chi connectivity index (χ3n) is 3.56. The molecule has 5 nitrogen and oxygen atoms in total. The van der Waals surface area contributed by atoms with Crippen LogP contribution >= 0.6 is 0 Å². The van der Waals surface area contributed by atoms with E-state index in [1.807, 2.05) is 18.2 Å². The molecule has 1 atom stereocenters. The molecule has 19 heavy (non-hydrogen) atoms. The van der Waals surface area contributed by atoms with E-state index in [9.17, 15) is 4.79 Å². The van der Waals surface area contributed by atoms with Gasteiger partial charge in [0.2, 0.25) is 6.79 Å². The summed E-state index contributed by atoms with van der Waals surface area (Å²) in [6.45, 7) is 1.67. The fourth-order valence-electron chi connectivity index (χ4n) is 2.39. The fraction of sp³-hybridized carbons (Fsp3) is 0.500. The number of benzene rings is 1. The molecule has 0 spiro atoms. The fourth-order valence-corrected chi connectivity index (χ4v) is 2.39. The average Bonchev–Trinajstić information content (AvgIpc) is 2.84. The van der Waals surface area contributed by atoms with Gasteiger partial charge in [-0.3, -0.25) is 4.79 Å². The third-order valence-corrected chi connectivity index (χ3v) is 3.56. The number of methoxy groups -OCH3 is 1. The van der Waals surface area contributed by atoms with Gasteiger partial charge >= 0.3 is 5.97 Å². The first-order valence-electron chi connectivity index (χ1n) is 6.33. The molecule has 0 saturated carbocycles. The Bertz CT molecular complexity index is 481. The van der Waals surface area contributed by atoms with Crippen molar-refractivity contribution in [1.29, 1.82) is 0 Å². The summed E-state index contributed by atoms with van der Waals surface area (Å²) in [7, 11) is 1.42. The van der Waals surface area contributed by atoms with Gasteiger partial charge in [-0.15, -0.1) is 0 Å². The van der Waals surface area contributed by atoms with Gasteiger partial charge in [-0.25, -0.2) is 0 Å². The van der Waals surface area contributed by atoms with Gasteiger partial charge in [-0.05, 0) is 24.1 Å². The van der Waals surface area contributed by atoms with E-state index in [0.29, 0.717) is 11.7 Å². The highest BCUT2D eigenvalue weighted by Gasteiger charge is 2.30. The molecule has 5 heteroatoms. The van der Waals surface area contributed by atoms with Crippen molar-refractivity contribution in [3.8, 4) is 11.5 Å². The Morgan fingerprint density at radius 1 is 1.37 bits per heavy atom. The van der Waals surface area contributed by atoms with Crippen LogP contribution in [0.4, 0.5) is 0 Å². The predicted molar refractivity (Wildman–Crippen MR) is 66.2 cm³/mol. The van der Waals surface area contributed by atoms with Crippen molar-refractivity contribution in [3.63, 3.8) is 0 Å². The lowest BCUT2D eigenvalue weighted by Gasteiger charge is -2.29. The van der Waals surface area contributed by atoms with Crippen LogP contribution in [0.2, 0.25) is 0 Å². The Morgan fingerprint density at radius 3 is 2.84 bits per heavy atom. The summed E-state index contributed by atoms with van der Waals surface area (Å²) in [5.41, 5.74) is 0.906. The number of carbonyl (C=O) groups excluding carboxylic acids is 1. The lowest BCUT2D eigenvalue weighted by atomic mass is 9.87. The normalized spacial score (nSPS) is 18.8. The lowest BCUT2D eigenvalue weighted by molar-refractivity contribution is -0.144. The first-order valence-corrected chi connectivity index (χ1v) is 6.33. The molecule has 3 rings (SSSR count). The predicted octanol–water partition coefficient (Wildman–Crippen LogP) is 1.71. The zero-order valence-corrected chi connectivity index (χ0v) is 10.8. The minimum atomic E-state index is -0.270. The highest BCUT2D eigenvalue weighted by molar-refractivity contribution is 5.78. The number of hydrogen-bond donors (Lipinski definition) is 0. The van der Waals surface area contributed by atoms with Gasteiger partial charge in [0.05, 0.1) is 26.2 Å². The van der Waals surface area contributed by atoms with E-state index < -0.39 is 0 Å². The number of rotatable bonds is 4. The van der Waals surface area contributed by atoms with Crippen LogP contribution in [0, 0.1) is 5.92 Å². The summed E-state index contributed by atoms with van der Waals surface area (Å²) in [5, 5.41) is 0. The first kappa shape index (κ1) is 12.3. The van der Waals surface area contributed by atoms with Crippen molar-refractivity contribution in [2.24, 2.45) is 5.92 Å². The molecule has 0 aromatic heterocycles. The molecule has 1 fully saturated rings. The van der Waals surface area contributed by atoms with E-state index in [1.165, 1.54) is 7.11 Å². The molecule has 102 valence electrons. The number of fused-ring (bicyclic) bond motifs is 1. The van der Waals surface area contributed by atoms with Crippen LogP contribution in [-0.4, -0.2) is 33.1 Å². The molecule has 2 heterocycles. The van der Waals surface area contributed by atoms with Crippen molar-refractivity contribution >= 4 is 5.97 Å². The molecule has 0 radical (unpaired) electrons. The molecule has 1 saturated heterocycles. The van der Waals surface area contributed by atoms with Crippen LogP contribution in [0.15, 0.2) is 18.2 Å². The summed E-state index contributed by atoms with van der Waals surface area (Å²) in [6, 6.07) is 5.60. The van der Waals surface area contributed by atoms with Gasteiger partial charge < -0.3 is 18.9 Å². The standard InChI is InChI=1S/C14H16O5/c1-16-14(15)11(4-9-6-17-7-9)10-2-3-12-13(5-10)19-8-18-12/h2-3,5,9,11H,4,6-8H2,1H3. The second-order valence-electron chi connectivity index (χ2n) is 4.83. The Labute approximate surface area is 111 Å². The molecule has 1 unspecified atom stereocenters. The first-order chi connectivity index (χ1) is 9.28. The molecule has 2 aliphatic rings. The van der Waals surface area contributed by atoms with Crippen LogP contribution in [-0.2, 0) is 14.3 Å². The molecular formula is C14H16O5. The van der Waals surface area contributed by atoms with Crippen molar-refractivity contribution in [2.45, 2.75) is 12.3 Å². The highest BCUT2D eigenvalue weighted by atomic mass is 16.7. The molecule has 0 N–H and O–H groups in total. The summed E-state index contributed by atoms with van der Waals surface area (Å²) >= 11 is 0. The summed E-state index contributed by atoms with van der Waals surface area (Å²) < 4.78 is 20.7. The minimum absolute atomic E-state index is 0.217. The second kappa shape index (κ2) is 5.09. The maximum absolute atomic E-state index is 12.0. The number of ether oxygens (including phenoxy) is 4. The number of hydrogen-bond acceptors (Lipinski definition) is 5. The molecule has 0 amide bonds. The van der Waals surface area contributed by atoms with Gasteiger partial charge in [-0.1, -0.05) is 6.07 Å². The van der Waals surface area contributed by atoms with Crippen LogP contribution in [0.25, 0.3) is 0 Å². The van der Waals surface area contributed by atoms with Crippen molar-refractivity contribution in [2.75, 3.05) is 27.1 Å². The largest absolute Gasteiger partial charge is 0.469 e. The van der Waals surface area contributed by atoms with Crippen LogP contribution < -0.4 is 9.47 Å². The molecule has 0 aliphatic carbocycles. The van der Waals surface area contributed by atoms with E-state index >= 15 is 0 Å². The summed E-state index contributed by atoms with van der Waals surface area (Å²) in [5.74, 6) is 1.35. The molecular weight excluding hydrogens is 248 g/mol. The monoisotopic (exact) mass is 264 g/mol. The number of carbonyl (C=O) groups is 1. The van der Waals surface area contributed by atoms with Crippen molar-refractivity contribution < 1.29 is 23.7 Å². The van der Waals surface area contributed by atoms with Gasteiger partial charge in [0.25, 0.3) is 0 Å². The van der Waals surface area contributed by atoms with Crippen LogP contribution in [0.5, 0.6) is 11.5 Å². The Morgan fingerprint density at radius 2 is 2.16 bits per heavy atom. The SMILES string of the molecule is COC(=O)C(CC1COC1)c1ccc2c(c1)OCO2. The van der Waals surface area contributed by atoms with Crippen molar-refractivity contribution in [1.82, 2.24) is 0 Å². The minimum Gasteiger partial charge on any atom is -0.469 e. The van der Waals surface area contributed by atoms with Crippen molar-refractivity contribution in [3.05, 3.63) is 23.8 Å². The van der Waals surface area contributed by atoms with E-state index in [1.54, 1.807) is 0 Å². The molecule has 2 aliphatic heterocycles. The van der Waals surface area contributed by atoms with E-state index in [0.717, 1.165) is 30.9 Å². The maximum Gasteiger partial charge on any atom is 0.313 e. The zero-order chi connectivity index (χ0) is 13.2. The highest BCUT2D eigenvalue weighted by Crippen LogP contribution is 2.37.